The number of aromatic nitrogens is 3. The van der Waals surface area contributed by atoms with Crippen LogP contribution in [-0.4, -0.2) is 15.1 Å². The van der Waals surface area contributed by atoms with Crippen LogP contribution in [0.3, 0.4) is 0 Å². The Balaban J connectivity index is 2.19. The van der Waals surface area contributed by atoms with Gasteiger partial charge >= 0.3 is 0 Å². The van der Waals surface area contributed by atoms with Gasteiger partial charge in [-0.2, -0.15) is 0 Å². The van der Waals surface area contributed by atoms with Gasteiger partial charge in [0, 0.05) is 18.5 Å². The summed E-state index contributed by atoms with van der Waals surface area (Å²) < 4.78 is 19.3. The molecule has 2 rings (SSSR count). The highest BCUT2D eigenvalue weighted by Crippen LogP contribution is 2.19. The summed E-state index contributed by atoms with van der Waals surface area (Å²) in [5, 5.41) is 7.05. The zero-order valence-electron chi connectivity index (χ0n) is 12.0. The Morgan fingerprint density at radius 1 is 1.10 bits per heavy atom. The van der Waals surface area contributed by atoms with Gasteiger partial charge in [0.25, 0.3) is 0 Å². The van der Waals surface area contributed by atoms with Gasteiger partial charge in [-0.3, -0.25) is 0 Å². The van der Waals surface area contributed by atoms with Crippen molar-refractivity contribution in [2.24, 2.45) is 0 Å². The summed E-state index contributed by atoms with van der Waals surface area (Å²) in [6.45, 7) is 6.33. The molecule has 0 aliphatic rings. The van der Waals surface area contributed by atoms with Gasteiger partial charge in [-0.15, -0.1) is 0 Å². The molecule has 0 saturated heterocycles. The minimum atomic E-state index is -0.387. The van der Waals surface area contributed by atoms with E-state index in [1.165, 1.54) is 6.33 Å². The van der Waals surface area contributed by atoms with Crippen LogP contribution in [0.15, 0.2) is 10.9 Å². The molecule has 2 heterocycles. The normalized spacial score (nSPS) is 10.8. The predicted molar refractivity (Wildman–Crippen MR) is 74.0 cm³/mol. The third-order valence-electron chi connectivity index (χ3n) is 3.24. The quantitative estimate of drug-likeness (QED) is 0.880. The highest BCUT2D eigenvalue weighted by Gasteiger charge is 2.15. The van der Waals surface area contributed by atoms with Crippen molar-refractivity contribution < 1.29 is 8.91 Å². The third-order valence-corrected chi connectivity index (χ3v) is 3.24. The summed E-state index contributed by atoms with van der Waals surface area (Å²) in [6.07, 6.45) is 3.46. The number of nitrogens with one attached hydrogen (secondary N) is 1. The number of rotatable bonds is 6. The van der Waals surface area contributed by atoms with Crippen LogP contribution in [0.2, 0.25) is 0 Å². The predicted octanol–water partition coefficient (Wildman–Crippen LogP) is 2.90. The Bertz CT molecular complexity index is 561. The molecule has 0 radical (unpaired) electrons. The zero-order valence-corrected chi connectivity index (χ0v) is 12.0. The summed E-state index contributed by atoms with van der Waals surface area (Å²) in [5.74, 6) is 0.671. The number of hydrogen-bond donors (Lipinski definition) is 1. The van der Waals surface area contributed by atoms with Gasteiger partial charge < -0.3 is 9.84 Å². The van der Waals surface area contributed by atoms with E-state index in [1.807, 2.05) is 20.8 Å². The molecule has 0 bridgehead atoms. The third kappa shape index (κ3) is 2.79. The monoisotopic (exact) mass is 278 g/mol. The molecule has 5 nitrogen and oxygen atoms in total. The van der Waals surface area contributed by atoms with Crippen molar-refractivity contribution >= 4 is 5.82 Å². The van der Waals surface area contributed by atoms with Crippen molar-refractivity contribution in [2.45, 2.75) is 46.6 Å². The molecule has 108 valence electrons. The van der Waals surface area contributed by atoms with Gasteiger partial charge in [0.2, 0.25) is 0 Å². The van der Waals surface area contributed by atoms with Crippen molar-refractivity contribution in [3.8, 4) is 0 Å². The van der Waals surface area contributed by atoms with Crippen LogP contribution in [-0.2, 0) is 25.8 Å². The summed E-state index contributed by atoms with van der Waals surface area (Å²) in [6, 6.07) is 0. The van der Waals surface area contributed by atoms with E-state index in [9.17, 15) is 4.39 Å². The largest absolute Gasteiger partial charge is 0.363 e. The van der Waals surface area contributed by atoms with Crippen LogP contribution >= 0.6 is 0 Å². The lowest BCUT2D eigenvalue weighted by molar-refractivity contribution is 0.380. The maximum absolute atomic E-state index is 14.0. The first-order valence-electron chi connectivity index (χ1n) is 6.90. The topological polar surface area (TPSA) is 63.8 Å². The van der Waals surface area contributed by atoms with E-state index < -0.39 is 0 Å². The molecule has 1 N–H and O–H groups in total. The standard InChI is InChI=1S/C14H19FN4O/c1-4-10-9(12(6-3)20-19-10)7-16-14-13(15)11(5-2)17-8-18-14/h8H,4-7H2,1-3H3,(H,16,17,18). The lowest BCUT2D eigenvalue weighted by atomic mass is 10.1. The molecule has 0 fully saturated rings. The number of halogens is 1. The van der Waals surface area contributed by atoms with Crippen LogP contribution in [0, 0.1) is 5.82 Å². The fraction of sp³-hybridized carbons (Fsp3) is 0.500. The van der Waals surface area contributed by atoms with Crippen molar-refractivity contribution in [3.05, 3.63) is 34.9 Å². The Hall–Kier alpha value is -1.98. The molecule has 0 amide bonds. The molecule has 0 unspecified atom stereocenters. The second-order valence-electron chi connectivity index (χ2n) is 4.43. The van der Waals surface area contributed by atoms with E-state index in [0.717, 1.165) is 29.9 Å². The molecule has 0 aromatic carbocycles. The highest BCUT2D eigenvalue weighted by atomic mass is 19.1. The first-order valence-corrected chi connectivity index (χ1v) is 6.90. The van der Waals surface area contributed by atoms with E-state index in [4.69, 9.17) is 4.52 Å². The van der Waals surface area contributed by atoms with Gasteiger partial charge in [0.05, 0.1) is 11.4 Å². The van der Waals surface area contributed by atoms with E-state index in [0.29, 0.717) is 18.7 Å². The molecule has 20 heavy (non-hydrogen) atoms. The van der Waals surface area contributed by atoms with Gasteiger partial charge in [0.15, 0.2) is 11.6 Å². The van der Waals surface area contributed by atoms with Crippen LogP contribution in [0.25, 0.3) is 0 Å². The van der Waals surface area contributed by atoms with E-state index in [1.54, 1.807) is 0 Å². The Morgan fingerprint density at radius 2 is 1.85 bits per heavy atom. The molecule has 0 spiro atoms. The smallest absolute Gasteiger partial charge is 0.186 e. The molecule has 0 aliphatic heterocycles. The van der Waals surface area contributed by atoms with E-state index in [-0.39, 0.29) is 11.6 Å². The second kappa shape index (κ2) is 6.45. The van der Waals surface area contributed by atoms with Gasteiger partial charge in [-0.05, 0) is 12.8 Å². The molecular weight excluding hydrogens is 259 g/mol. The summed E-state index contributed by atoms with van der Waals surface area (Å²) in [7, 11) is 0. The number of aryl methyl sites for hydroxylation is 3. The summed E-state index contributed by atoms with van der Waals surface area (Å²) in [5.41, 5.74) is 2.31. The minimum absolute atomic E-state index is 0.224. The molecule has 0 atom stereocenters. The average molecular weight is 278 g/mol. The van der Waals surface area contributed by atoms with Crippen LogP contribution in [0.4, 0.5) is 10.2 Å². The molecule has 0 saturated carbocycles. The lowest BCUT2D eigenvalue weighted by Gasteiger charge is -2.08. The second-order valence-corrected chi connectivity index (χ2v) is 4.43. The first kappa shape index (κ1) is 14.4. The Labute approximate surface area is 117 Å². The van der Waals surface area contributed by atoms with Crippen molar-refractivity contribution in [2.75, 3.05) is 5.32 Å². The van der Waals surface area contributed by atoms with Crippen LogP contribution in [0.5, 0.6) is 0 Å². The molecule has 6 heteroatoms. The highest BCUT2D eigenvalue weighted by molar-refractivity contribution is 5.39. The van der Waals surface area contributed by atoms with Gasteiger partial charge in [0.1, 0.15) is 12.1 Å². The Kier molecular flexibility index (Phi) is 4.65. The van der Waals surface area contributed by atoms with Gasteiger partial charge in [-0.1, -0.05) is 25.9 Å². The summed E-state index contributed by atoms with van der Waals surface area (Å²) >= 11 is 0. The number of anilines is 1. The molecule has 2 aromatic rings. The van der Waals surface area contributed by atoms with Crippen molar-refractivity contribution in [3.63, 3.8) is 0 Å². The number of hydrogen-bond acceptors (Lipinski definition) is 5. The van der Waals surface area contributed by atoms with E-state index >= 15 is 0 Å². The molecule has 0 aliphatic carbocycles. The fourth-order valence-electron chi connectivity index (χ4n) is 2.09. The van der Waals surface area contributed by atoms with Crippen molar-refractivity contribution in [1.82, 2.24) is 15.1 Å². The number of nitrogens with zero attached hydrogens (tertiary/aromatic N) is 3. The zero-order chi connectivity index (χ0) is 14.5. The fourth-order valence-corrected chi connectivity index (χ4v) is 2.09. The first-order chi connectivity index (χ1) is 9.71. The van der Waals surface area contributed by atoms with Crippen LogP contribution < -0.4 is 5.32 Å². The average Bonchev–Trinajstić information content (AvgIpc) is 2.88. The summed E-state index contributed by atoms with van der Waals surface area (Å²) in [4.78, 5) is 7.86. The lowest BCUT2D eigenvalue weighted by Crippen LogP contribution is -2.08. The van der Waals surface area contributed by atoms with Crippen LogP contribution in [0.1, 0.15) is 43.5 Å². The minimum Gasteiger partial charge on any atom is -0.363 e. The van der Waals surface area contributed by atoms with Gasteiger partial charge in [-0.25, -0.2) is 14.4 Å². The molecular formula is C14H19FN4O. The SMILES string of the molecule is CCc1ncnc(NCc2c(CC)noc2CC)c1F. The van der Waals surface area contributed by atoms with Crippen molar-refractivity contribution in [1.29, 1.82) is 0 Å². The van der Waals surface area contributed by atoms with E-state index in [2.05, 4.69) is 20.4 Å². The Morgan fingerprint density at radius 3 is 2.50 bits per heavy atom. The molecule has 2 aromatic heterocycles. The maximum atomic E-state index is 14.0. The maximum Gasteiger partial charge on any atom is 0.186 e.